The van der Waals surface area contributed by atoms with E-state index in [0.717, 1.165) is 18.1 Å². The normalized spacial score (nSPS) is 10.8. The summed E-state index contributed by atoms with van der Waals surface area (Å²) in [5, 5.41) is 5.13. The molecule has 0 amide bonds. The predicted octanol–water partition coefficient (Wildman–Crippen LogP) is 3.06. The number of aromatic nitrogens is 3. The summed E-state index contributed by atoms with van der Waals surface area (Å²) >= 11 is 5.87. The third-order valence-corrected chi connectivity index (χ3v) is 3.15. The molecule has 0 atom stereocenters. The lowest BCUT2D eigenvalue weighted by molar-refractivity contribution is -0.689. The largest absolute Gasteiger partial charge is 0.265 e. The number of rotatable bonds is 6. The van der Waals surface area contributed by atoms with Crippen LogP contribution in [0.3, 0.4) is 0 Å². The third-order valence-electron chi connectivity index (χ3n) is 2.90. The Morgan fingerprint density at radius 1 is 1.22 bits per heavy atom. The van der Waals surface area contributed by atoms with Crippen molar-refractivity contribution in [1.82, 2.24) is 9.78 Å². The summed E-state index contributed by atoms with van der Waals surface area (Å²) in [7, 11) is 0. The van der Waals surface area contributed by atoms with Gasteiger partial charge in [0.25, 0.3) is 6.33 Å². The molecule has 0 fully saturated rings. The number of nitrogens with zero attached hydrogens (tertiary/aromatic N) is 3. The Balaban J connectivity index is 1.91. The molecule has 96 valence electrons. The maximum Gasteiger partial charge on any atom is 0.265 e. The first-order valence-electron chi connectivity index (χ1n) is 6.44. The van der Waals surface area contributed by atoms with Gasteiger partial charge in [0.2, 0.25) is 6.33 Å². The Bertz CT molecular complexity index is 476. The van der Waals surface area contributed by atoms with E-state index >= 15 is 0 Å². The summed E-state index contributed by atoms with van der Waals surface area (Å²) in [6.45, 7) is 4.05. The fraction of sp³-hybridized carbons (Fsp3) is 0.429. The van der Waals surface area contributed by atoms with Gasteiger partial charge in [-0.25, -0.2) is 4.57 Å². The van der Waals surface area contributed by atoms with E-state index in [4.69, 9.17) is 11.6 Å². The molecule has 0 aliphatic heterocycles. The van der Waals surface area contributed by atoms with Gasteiger partial charge >= 0.3 is 0 Å². The number of hydrogen-bond acceptors (Lipinski definition) is 1. The third kappa shape index (κ3) is 3.84. The smallest absolute Gasteiger partial charge is 0.233 e. The van der Waals surface area contributed by atoms with Crippen LogP contribution in [-0.2, 0) is 13.1 Å². The van der Waals surface area contributed by atoms with Crippen molar-refractivity contribution in [3.05, 3.63) is 47.5 Å². The van der Waals surface area contributed by atoms with Crippen molar-refractivity contribution in [2.45, 2.75) is 39.3 Å². The molecular weight excluding hydrogens is 246 g/mol. The Kier molecular flexibility index (Phi) is 4.76. The van der Waals surface area contributed by atoms with Crippen LogP contribution in [-0.4, -0.2) is 9.78 Å². The van der Waals surface area contributed by atoms with Crippen molar-refractivity contribution < 1.29 is 4.57 Å². The average Bonchev–Trinajstić information content (AvgIpc) is 2.80. The number of benzene rings is 1. The molecule has 0 spiro atoms. The minimum Gasteiger partial charge on any atom is -0.233 e. The number of aryl methyl sites for hydroxylation is 1. The molecule has 0 saturated heterocycles. The van der Waals surface area contributed by atoms with Gasteiger partial charge in [-0.05, 0) is 24.1 Å². The van der Waals surface area contributed by atoms with Gasteiger partial charge in [0.1, 0.15) is 6.54 Å². The van der Waals surface area contributed by atoms with Gasteiger partial charge in [0.05, 0.1) is 6.54 Å². The molecule has 1 aromatic heterocycles. The maximum absolute atomic E-state index is 5.87. The van der Waals surface area contributed by atoms with Crippen LogP contribution in [0.15, 0.2) is 36.9 Å². The molecule has 0 N–H and O–H groups in total. The first kappa shape index (κ1) is 13.1. The van der Waals surface area contributed by atoms with Gasteiger partial charge in [-0.2, -0.15) is 0 Å². The van der Waals surface area contributed by atoms with Gasteiger partial charge in [0, 0.05) is 10.1 Å². The molecule has 0 aliphatic carbocycles. The van der Waals surface area contributed by atoms with E-state index in [2.05, 4.69) is 22.9 Å². The first-order valence-corrected chi connectivity index (χ1v) is 6.81. The molecule has 0 bridgehead atoms. The van der Waals surface area contributed by atoms with Crippen LogP contribution in [0, 0.1) is 0 Å². The van der Waals surface area contributed by atoms with Crippen LogP contribution < -0.4 is 4.57 Å². The monoisotopic (exact) mass is 264 g/mol. The summed E-state index contributed by atoms with van der Waals surface area (Å²) < 4.78 is 4.10. The van der Waals surface area contributed by atoms with Crippen LogP contribution in [0.1, 0.15) is 31.7 Å². The zero-order valence-corrected chi connectivity index (χ0v) is 11.5. The van der Waals surface area contributed by atoms with Crippen molar-refractivity contribution in [3.8, 4) is 0 Å². The van der Waals surface area contributed by atoms with Gasteiger partial charge in [-0.1, -0.05) is 43.5 Å². The molecule has 18 heavy (non-hydrogen) atoms. The molecule has 1 aromatic carbocycles. The highest BCUT2D eigenvalue weighted by atomic mass is 35.5. The molecule has 0 saturated carbocycles. The van der Waals surface area contributed by atoms with Crippen LogP contribution in [0.4, 0.5) is 0 Å². The maximum atomic E-state index is 5.87. The van der Waals surface area contributed by atoms with Crippen molar-refractivity contribution in [2.24, 2.45) is 0 Å². The van der Waals surface area contributed by atoms with E-state index in [0.29, 0.717) is 0 Å². The van der Waals surface area contributed by atoms with Gasteiger partial charge in [0.15, 0.2) is 0 Å². The quantitative estimate of drug-likeness (QED) is 0.581. The van der Waals surface area contributed by atoms with Gasteiger partial charge < -0.3 is 0 Å². The van der Waals surface area contributed by atoms with Crippen molar-refractivity contribution in [1.29, 1.82) is 0 Å². The molecule has 1 heterocycles. The Morgan fingerprint density at radius 3 is 2.72 bits per heavy atom. The van der Waals surface area contributed by atoms with Crippen LogP contribution >= 0.6 is 11.6 Å². The fourth-order valence-corrected chi connectivity index (χ4v) is 2.01. The number of halogens is 1. The summed E-state index contributed by atoms with van der Waals surface area (Å²) in [6, 6.07) is 7.93. The SMILES string of the molecule is CCCCCn1c[n+](Cc2ccc(Cl)cc2)cn1. The summed E-state index contributed by atoms with van der Waals surface area (Å²) in [5.41, 5.74) is 1.23. The van der Waals surface area contributed by atoms with E-state index in [1.165, 1.54) is 24.8 Å². The van der Waals surface area contributed by atoms with E-state index in [-0.39, 0.29) is 0 Å². The second-order valence-corrected chi connectivity index (χ2v) is 4.95. The van der Waals surface area contributed by atoms with E-state index in [1.807, 2.05) is 35.3 Å². The van der Waals surface area contributed by atoms with Crippen molar-refractivity contribution in [3.63, 3.8) is 0 Å². The molecule has 0 aliphatic rings. The zero-order chi connectivity index (χ0) is 12.8. The minimum absolute atomic E-state index is 0.777. The highest BCUT2D eigenvalue weighted by molar-refractivity contribution is 6.30. The molecule has 2 aromatic rings. The van der Waals surface area contributed by atoms with E-state index in [1.54, 1.807) is 0 Å². The topological polar surface area (TPSA) is 21.7 Å². The summed E-state index contributed by atoms with van der Waals surface area (Å²) in [6.07, 6.45) is 7.63. The second-order valence-electron chi connectivity index (χ2n) is 4.52. The second kappa shape index (κ2) is 6.55. The number of unbranched alkanes of at least 4 members (excludes halogenated alkanes) is 2. The molecule has 0 radical (unpaired) electrons. The Morgan fingerprint density at radius 2 is 2.00 bits per heavy atom. The van der Waals surface area contributed by atoms with Crippen LogP contribution in [0.5, 0.6) is 0 Å². The summed E-state index contributed by atoms with van der Waals surface area (Å²) in [5.74, 6) is 0. The summed E-state index contributed by atoms with van der Waals surface area (Å²) in [4.78, 5) is 0. The molecule has 0 unspecified atom stereocenters. The van der Waals surface area contributed by atoms with Crippen molar-refractivity contribution in [2.75, 3.05) is 0 Å². The fourth-order valence-electron chi connectivity index (χ4n) is 1.89. The van der Waals surface area contributed by atoms with Crippen molar-refractivity contribution >= 4 is 11.6 Å². The van der Waals surface area contributed by atoms with E-state index in [9.17, 15) is 0 Å². The average molecular weight is 265 g/mol. The van der Waals surface area contributed by atoms with E-state index < -0.39 is 0 Å². The highest BCUT2D eigenvalue weighted by Crippen LogP contribution is 2.08. The molecule has 2 rings (SSSR count). The molecule has 4 heteroatoms. The lowest BCUT2D eigenvalue weighted by atomic mass is 10.2. The predicted molar refractivity (Wildman–Crippen MR) is 72.5 cm³/mol. The first-order chi connectivity index (χ1) is 8.78. The zero-order valence-electron chi connectivity index (χ0n) is 10.7. The minimum atomic E-state index is 0.777. The highest BCUT2D eigenvalue weighted by Gasteiger charge is 2.05. The lowest BCUT2D eigenvalue weighted by Crippen LogP contribution is -2.31. The Labute approximate surface area is 113 Å². The lowest BCUT2D eigenvalue weighted by Gasteiger charge is -1.98. The van der Waals surface area contributed by atoms with Gasteiger partial charge in [-0.15, -0.1) is 4.68 Å². The standard InChI is InChI=1S/C14H19ClN3/c1-2-3-4-9-18-12-17(11-16-18)10-13-5-7-14(15)8-6-13/h5-8,11-12H,2-4,9-10H2,1H3/q+1. The molecule has 3 nitrogen and oxygen atoms in total. The van der Waals surface area contributed by atoms with Crippen LogP contribution in [0.25, 0.3) is 0 Å². The van der Waals surface area contributed by atoms with Gasteiger partial charge in [-0.3, -0.25) is 0 Å². The number of hydrogen-bond donors (Lipinski definition) is 0. The molecular formula is C14H19ClN3+. The Hall–Kier alpha value is -1.35. The van der Waals surface area contributed by atoms with Crippen LogP contribution in [0.2, 0.25) is 5.02 Å².